The minimum Gasteiger partial charge on any atom is -0.494 e. The molecule has 0 amide bonds. The molecule has 1 aliphatic heterocycles. The summed E-state index contributed by atoms with van der Waals surface area (Å²) >= 11 is 1.55. The molecule has 1 aliphatic rings. The van der Waals surface area contributed by atoms with Crippen LogP contribution in [-0.4, -0.2) is 51.3 Å². The Balaban J connectivity index is 1.10. The Morgan fingerprint density at radius 3 is 2.69 bits per heavy atom. The van der Waals surface area contributed by atoms with Gasteiger partial charge in [0.25, 0.3) is 0 Å². The van der Waals surface area contributed by atoms with E-state index in [2.05, 4.69) is 25.1 Å². The Kier molecular flexibility index (Phi) is 6.69. The number of hydrogen-bond donors (Lipinski definition) is 1. The van der Waals surface area contributed by atoms with Crippen LogP contribution in [0.15, 0.2) is 58.1 Å². The molecule has 3 heterocycles. The van der Waals surface area contributed by atoms with Crippen molar-refractivity contribution in [2.75, 3.05) is 26.2 Å². The summed E-state index contributed by atoms with van der Waals surface area (Å²) in [4.78, 5) is 10.4. The first-order chi connectivity index (χ1) is 15.8. The van der Waals surface area contributed by atoms with Gasteiger partial charge in [0.15, 0.2) is 5.16 Å². The number of aromatic nitrogens is 4. The minimum absolute atomic E-state index is 0.516. The fourth-order valence-electron chi connectivity index (χ4n) is 3.91. The normalized spacial score (nSPS) is 14.8. The number of ether oxygens (including phenoxy) is 1. The lowest BCUT2D eigenvalue weighted by Gasteiger charge is -2.26. The van der Waals surface area contributed by atoms with Crippen molar-refractivity contribution < 1.29 is 9.15 Å². The molecule has 0 aliphatic carbocycles. The third-order valence-electron chi connectivity index (χ3n) is 5.60. The van der Waals surface area contributed by atoms with E-state index in [0.29, 0.717) is 17.5 Å². The maximum Gasteiger partial charge on any atom is 0.247 e. The second kappa shape index (κ2) is 10.2. The summed E-state index contributed by atoms with van der Waals surface area (Å²) in [6.07, 6.45) is 5.09. The van der Waals surface area contributed by atoms with Gasteiger partial charge in [-0.15, -0.1) is 10.2 Å². The number of nitrogens with one attached hydrogen (secondary N) is 1. The van der Waals surface area contributed by atoms with E-state index in [1.54, 1.807) is 11.8 Å². The molecule has 2 aromatic carbocycles. The predicted octanol–water partition coefficient (Wildman–Crippen LogP) is 5.16. The second-order valence-electron chi connectivity index (χ2n) is 7.98. The summed E-state index contributed by atoms with van der Waals surface area (Å²) in [6.45, 7) is 4.32. The van der Waals surface area contributed by atoms with Crippen molar-refractivity contribution in [3.8, 4) is 17.2 Å². The van der Waals surface area contributed by atoms with Gasteiger partial charge in [-0.25, -0.2) is 4.98 Å². The van der Waals surface area contributed by atoms with E-state index in [1.807, 2.05) is 48.5 Å². The number of piperidine rings is 1. The molecule has 1 saturated heterocycles. The highest BCUT2D eigenvalue weighted by Crippen LogP contribution is 2.25. The topological polar surface area (TPSA) is 80.1 Å². The summed E-state index contributed by atoms with van der Waals surface area (Å²) in [5.74, 6) is 2.52. The van der Waals surface area contributed by atoms with E-state index in [0.717, 1.165) is 47.1 Å². The zero-order chi connectivity index (χ0) is 21.6. The third kappa shape index (κ3) is 5.31. The number of benzene rings is 2. The highest BCUT2D eigenvalue weighted by Gasteiger charge is 2.12. The number of imidazole rings is 1. The maximum atomic E-state index is 5.90. The molecule has 32 heavy (non-hydrogen) atoms. The standard InChI is InChI=1S/C24H27N5O2S/c1-4-13-29(14-5-1)15-6-16-30-19-11-9-18(10-12-19)23-28-27-22(31-23)17-32-24-25-20-7-2-3-8-21(20)26-24/h2-3,7-12H,1,4-6,13-17H2,(H,25,26). The molecule has 4 aromatic rings. The maximum absolute atomic E-state index is 5.90. The van der Waals surface area contributed by atoms with Crippen molar-refractivity contribution in [2.24, 2.45) is 0 Å². The molecule has 0 unspecified atom stereocenters. The smallest absolute Gasteiger partial charge is 0.247 e. The SMILES string of the molecule is c1ccc2[nH]c(SCc3nnc(-c4ccc(OCCCN5CCCCC5)cc4)o3)nc2c1. The van der Waals surface area contributed by atoms with Gasteiger partial charge in [-0.2, -0.15) is 0 Å². The van der Waals surface area contributed by atoms with E-state index in [1.165, 1.54) is 32.4 Å². The highest BCUT2D eigenvalue weighted by molar-refractivity contribution is 7.98. The lowest BCUT2D eigenvalue weighted by molar-refractivity contribution is 0.205. The van der Waals surface area contributed by atoms with Crippen LogP contribution in [-0.2, 0) is 5.75 Å². The van der Waals surface area contributed by atoms with E-state index in [4.69, 9.17) is 9.15 Å². The number of H-pyrrole nitrogens is 1. The number of aromatic amines is 1. The average molecular weight is 450 g/mol. The van der Waals surface area contributed by atoms with Crippen LogP contribution in [0.3, 0.4) is 0 Å². The van der Waals surface area contributed by atoms with Gasteiger partial charge in [0, 0.05) is 12.1 Å². The lowest BCUT2D eigenvalue weighted by atomic mass is 10.1. The molecule has 0 radical (unpaired) electrons. The Hall–Kier alpha value is -2.84. The van der Waals surface area contributed by atoms with E-state index in [9.17, 15) is 0 Å². The monoisotopic (exact) mass is 449 g/mol. The molecule has 1 N–H and O–H groups in total. The number of rotatable bonds is 9. The van der Waals surface area contributed by atoms with Crippen molar-refractivity contribution in [1.29, 1.82) is 0 Å². The first kappa shape index (κ1) is 21.0. The van der Waals surface area contributed by atoms with E-state index in [-0.39, 0.29) is 0 Å². The number of fused-ring (bicyclic) bond motifs is 1. The molecule has 2 aromatic heterocycles. The zero-order valence-electron chi connectivity index (χ0n) is 18.0. The van der Waals surface area contributed by atoms with Crippen LogP contribution in [0.25, 0.3) is 22.5 Å². The lowest BCUT2D eigenvalue weighted by Crippen LogP contribution is -2.31. The third-order valence-corrected chi connectivity index (χ3v) is 6.46. The predicted molar refractivity (Wildman–Crippen MR) is 126 cm³/mol. The summed E-state index contributed by atoms with van der Waals surface area (Å²) in [6, 6.07) is 15.8. The van der Waals surface area contributed by atoms with Gasteiger partial charge in [-0.3, -0.25) is 0 Å². The van der Waals surface area contributed by atoms with Gasteiger partial charge in [0.2, 0.25) is 11.8 Å². The average Bonchev–Trinajstić information content (AvgIpc) is 3.48. The number of likely N-dealkylation sites (tertiary alicyclic amines) is 1. The molecule has 0 atom stereocenters. The number of hydrogen-bond acceptors (Lipinski definition) is 7. The van der Waals surface area contributed by atoms with Gasteiger partial charge in [0.05, 0.1) is 23.4 Å². The van der Waals surface area contributed by atoms with E-state index < -0.39 is 0 Å². The van der Waals surface area contributed by atoms with Gasteiger partial charge >= 0.3 is 0 Å². The summed E-state index contributed by atoms with van der Waals surface area (Å²) in [7, 11) is 0. The molecule has 8 heteroatoms. The first-order valence-corrected chi connectivity index (χ1v) is 12.2. The summed E-state index contributed by atoms with van der Waals surface area (Å²) in [5.41, 5.74) is 2.86. The van der Waals surface area contributed by atoms with Gasteiger partial charge in [0.1, 0.15) is 5.75 Å². The van der Waals surface area contributed by atoms with Gasteiger partial charge in [-0.1, -0.05) is 30.3 Å². The minimum atomic E-state index is 0.516. The molecule has 0 spiro atoms. The number of nitrogens with zero attached hydrogens (tertiary/aromatic N) is 4. The molecular formula is C24H27N5O2S. The van der Waals surface area contributed by atoms with Crippen molar-refractivity contribution in [1.82, 2.24) is 25.1 Å². The largest absolute Gasteiger partial charge is 0.494 e. The summed E-state index contributed by atoms with van der Waals surface area (Å²) in [5, 5.41) is 9.21. The molecule has 7 nitrogen and oxygen atoms in total. The molecular weight excluding hydrogens is 422 g/mol. The van der Waals surface area contributed by atoms with Crippen molar-refractivity contribution in [3.05, 3.63) is 54.4 Å². The molecule has 0 saturated carbocycles. The molecule has 1 fully saturated rings. The van der Waals surface area contributed by atoms with E-state index >= 15 is 0 Å². The van der Waals surface area contributed by atoms with Crippen LogP contribution < -0.4 is 4.74 Å². The van der Waals surface area contributed by atoms with Gasteiger partial charge in [-0.05, 0) is 68.8 Å². The highest BCUT2D eigenvalue weighted by atomic mass is 32.2. The second-order valence-corrected chi connectivity index (χ2v) is 8.94. The van der Waals surface area contributed by atoms with Crippen molar-refractivity contribution in [3.63, 3.8) is 0 Å². The van der Waals surface area contributed by atoms with Crippen LogP contribution in [0.1, 0.15) is 31.6 Å². The Morgan fingerprint density at radius 1 is 1.00 bits per heavy atom. The van der Waals surface area contributed by atoms with Crippen LogP contribution in [0.2, 0.25) is 0 Å². The number of para-hydroxylation sites is 2. The molecule has 166 valence electrons. The Labute approximate surface area is 191 Å². The molecule has 5 rings (SSSR count). The fourth-order valence-corrected chi connectivity index (χ4v) is 4.63. The Morgan fingerprint density at radius 2 is 1.84 bits per heavy atom. The van der Waals surface area contributed by atoms with Gasteiger partial charge < -0.3 is 19.0 Å². The quantitative estimate of drug-likeness (QED) is 0.279. The van der Waals surface area contributed by atoms with Crippen LogP contribution >= 0.6 is 11.8 Å². The van der Waals surface area contributed by atoms with Crippen molar-refractivity contribution in [2.45, 2.75) is 36.6 Å². The number of thioether (sulfide) groups is 1. The Bertz CT molecular complexity index is 1100. The van der Waals surface area contributed by atoms with Crippen LogP contribution in [0, 0.1) is 0 Å². The first-order valence-electron chi connectivity index (χ1n) is 11.2. The van der Waals surface area contributed by atoms with Crippen LogP contribution in [0.4, 0.5) is 0 Å². The van der Waals surface area contributed by atoms with Crippen LogP contribution in [0.5, 0.6) is 5.75 Å². The van der Waals surface area contributed by atoms with Crippen molar-refractivity contribution >= 4 is 22.8 Å². The zero-order valence-corrected chi connectivity index (χ0v) is 18.8. The fraction of sp³-hybridized carbons (Fsp3) is 0.375. The summed E-state index contributed by atoms with van der Waals surface area (Å²) < 4.78 is 11.7. The molecule has 0 bridgehead atoms.